The van der Waals surface area contributed by atoms with Crippen molar-refractivity contribution in [1.29, 1.82) is 0 Å². The molecule has 7 heteroatoms. The molecule has 0 aliphatic carbocycles. The standard InChI is InChI=1S/C11H17N3O4/c1-4-8(10(15)16)14-11(17)13-7(3)9-12-5-6(2)18-9/h5,7-8H,4H2,1-3H3,(H,15,16)(H2,13,14,17). The zero-order valence-corrected chi connectivity index (χ0v) is 10.6. The van der Waals surface area contributed by atoms with E-state index in [0.29, 0.717) is 18.1 Å². The lowest BCUT2D eigenvalue weighted by Crippen LogP contribution is -2.46. The molecule has 3 N–H and O–H groups in total. The van der Waals surface area contributed by atoms with Crippen molar-refractivity contribution in [3.05, 3.63) is 17.8 Å². The number of carbonyl (C=O) groups is 2. The van der Waals surface area contributed by atoms with Crippen molar-refractivity contribution in [2.24, 2.45) is 0 Å². The van der Waals surface area contributed by atoms with Crippen LogP contribution in [0.2, 0.25) is 0 Å². The van der Waals surface area contributed by atoms with E-state index in [4.69, 9.17) is 9.52 Å². The summed E-state index contributed by atoms with van der Waals surface area (Å²) in [6.45, 7) is 5.13. The highest BCUT2D eigenvalue weighted by Crippen LogP contribution is 2.11. The van der Waals surface area contributed by atoms with E-state index in [1.54, 1.807) is 27.0 Å². The van der Waals surface area contributed by atoms with Gasteiger partial charge in [0, 0.05) is 0 Å². The molecule has 1 aromatic heterocycles. The minimum Gasteiger partial charge on any atom is -0.480 e. The molecule has 0 radical (unpaired) electrons. The van der Waals surface area contributed by atoms with Gasteiger partial charge in [-0.1, -0.05) is 6.92 Å². The van der Waals surface area contributed by atoms with Crippen LogP contribution in [0.25, 0.3) is 0 Å². The van der Waals surface area contributed by atoms with Gasteiger partial charge >= 0.3 is 12.0 Å². The summed E-state index contributed by atoms with van der Waals surface area (Å²) in [5.41, 5.74) is 0. The van der Waals surface area contributed by atoms with Crippen LogP contribution in [-0.2, 0) is 4.79 Å². The van der Waals surface area contributed by atoms with Gasteiger partial charge in [0.05, 0.1) is 6.20 Å². The second kappa shape index (κ2) is 6.04. The molecule has 1 rings (SSSR count). The van der Waals surface area contributed by atoms with Gasteiger partial charge in [-0.25, -0.2) is 14.6 Å². The number of aryl methyl sites for hydroxylation is 1. The molecule has 1 heterocycles. The van der Waals surface area contributed by atoms with Gasteiger partial charge < -0.3 is 20.2 Å². The molecule has 1 aromatic rings. The highest BCUT2D eigenvalue weighted by Gasteiger charge is 2.20. The molecule has 2 atom stereocenters. The van der Waals surface area contributed by atoms with Crippen LogP contribution in [0.4, 0.5) is 4.79 Å². The lowest BCUT2D eigenvalue weighted by molar-refractivity contribution is -0.139. The van der Waals surface area contributed by atoms with E-state index in [9.17, 15) is 9.59 Å². The summed E-state index contributed by atoms with van der Waals surface area (Å²) in [7, 11) is 0. The quantitative estimate of drug-likeness (QED) is 0.733. The number of nitrogens with zero attached hydrogens (tertiary/aromatic N) is 1. The van der Waals surface area contributed by atoms with Crippen LogP contribution in [0.15, 0.2) is 10.6 Å². The molecule has 0 fully saturated rings. The first kappa shape index (κ1) is 14.0. The normalized spacial score (nSPS) is 13.7. The number of aromatic nitrogens is 1. The Morgan fingerprint density at radius 3 is 2.61 bits per heavy atom. The molecule has 2 amide bonds. The molecule has 0 spiro atoms. The van der Waals surface area contributed by atoms with E-state index in [2.05, 4.69) is 15.6 Å². The summed E-state index contributed by atoms with van der Waals surface area (Å²) in [5, 5.41) is 13.7. The maximum absolute atomic E-state index is 11.6. The molecule has 2 unspecified atom stereocenters. The number of urea groups is 1. The van der Waals surface area contributed by atoms with Gasteiger partial charge in [-0.05, 0) is 20.3 Å². The van der Waals surface area contributed by atoms with Crippen LogP contribution in [0.3, 0.4) is 0 Å². The van der Waals surface area contributed by atoms with Crippen LogP contribution in [0.1, 0.15) is 38.0 Å². The Morgan fingerprint density at radius 2 is 2.17 bits per heavy atom. The predicted molar refractivity (Wildman–Crippen MR) is 63.0 cm³/mol. The first-order valence-electron chi connectivity index (χ1n) is 5.66. The number of carboxylic acid groups (broad SMARTS) is 1. The lowest BCUT2D eigenvalue weighted by atomic mass is 10.2. The molecule has 0 saturated heterocycles. The molecule has 0 aliphatic rings. The fourth-order valence-corrected chi connectivity index (χ4v) is 1.37. The third-order valence-electron chi connectivity index (χ3n) is 2.37. The smallest absolute Gasteiger partial charge is 0.326 e. The number of carboxylic acids is 1. The Labute approximate surface area is 105 Å². The van der Waals surface area contributed by atoms with Crippen molar-refractivity contribution in [3.8, 4) is 0 Å². The van der Waals surface area contributed by atoms with Crippen LogP contribution < -0.4 is 10.6 Å². The molecule has 0 aliphatic heterocycles. The number of amides is 2. The average Bonchev–Trinajstić information content (AvgIpc) is 2.72. The first-order valence-corrected chi connectivity index (χ1v) is 5.66. The Balaban J connectivity index is 2.52. The van der Waals surface area contributed by atoms with Crippen molar-refractivity contribution in [3.63, 3.8) is 0 Å². The Hall–Kier alpha value is -2.05. The Bertz CT molecular complexity index is 430. The van der Waals surface area contributed by atoms with Gasteiger partial charge in [-0.15, -0.1) is 0 Å². The summed E-state index contributed by atoms with van der Waals surface area (Å²) in [4.78, 5) is 26.3. The van der Waals surface area contributed by atoms with E-state index in [1.165, 1.54) is 0 Å². The number of hydrogen-bond acceptors (Lipinski definition) is 4. The minimum atomic E-state index is -1.06. The molecule has 0 aromatic carbocycles. The highest BCUT2D eigenvalue weighted by molar-refractivity contribution is 5.82. The summed E-state index contributed by atoms with van der Waals surface area (Å²) >= 11 is 0. The Kier molecular flexibility index (Phi) is 4.70. The fraction of sp³-hybridized carbons (Fsp3) is 0.545. The molecule has 18 heavy (non-hydrogen) atoms. The summed E-state index contributed by atoms with van der Waals surface area (Å²) in [5.74, 6) is -0.0330. The summed E-state index contributed by atoms with van der Waals surface area (Å²) < 4.78 is 5.25. The number of aliphatic carboxylic acids is 1. The van der Waals surface area contributed by atoms with E-state index >= 15 is 0 Å². The number of nitrogens with one attached hydrogen (secondary N) is 2. The third-order valence-corrected chi connectivity index (χ3v) is 2.37. The van der Waals surface area contributed by atoms with E-state index in [1.807, 2.05) is 0 Å². The Morgan fingerprint density at radius 1 is 1.50 bits per heavy atom. The van der Waals surface area contributed by atoms with Gasteiger partial charge in [0.25, 0.3) is 0 Å². The van der Waals surface area contributed by atoms with Gasteiger partial charge in [-0.3, -0.25) is 0 Å². The third kappa shape index (κ3) is 3.76. The monoisotopic (exact) mass is 255 g/mol. The predicted octanol–water partition coefficient (Wildman–Crippen LogP) is 1.21. The average molecular weight is 255 g/mol. The SMILES string of the molecule is CCC(NC(=O)NC(C)c1ncc(C)o1)C(=O)O. The van der Waals surface area contributed by atoms with Crippen LogP contribution in [0, 0.1) is 6.92 Å². The first-order chi connectivity index (χ1) is 8.43. The topological polar surface area (TPSA) is 104 Å². The van der Waals surface area contributed by atoms with Gasteiger partial charge in [0.1, 0.15) is 17.8 Å². The van der Waals surface area contributed by atoms with Crippen LogP contribution in [-0.4, -0.2) is 28.1 Å². The van der Waals surface area contributed by atoms with Gasteiger partial charge in [-0.2, -0.15) is 0 Å². The van der Waals surface area contributed by atoms with Crippen molar-refractivity contribution >= 4 is 12.0 Å². The number of carbonyl (C=O) groups excluding carboxylic acids is 1. The lowest BCUT2D eigenvalue weighted by Gasteiger charge is -2.15. The zero-order chi connectivity index (χ0) is 13.7. The van der Waals surface area contributed by atoms with Crippen molar-refractivity contribution in [1.82, 2.24) is 15.6 Å². The maximum atomic E-state index is 11.6. The second-order valence-corrected chi connectivity index (χ2v) is 3.95. The number of oxazole rings is 1. The highest BCUT2D eigenvalue weighted by atomic mass is 16.4. The molecular formula is C11H17N3O4. The molecule has 0 saturated carbocycles. The largest absolute Gasteiger partial charge is 0.480 e. The molecule has 7 nitrogen and oxygen atoms in total. The molecular weight excluding hydrogens is 238 g/mol. The van der Waals surface area contributed by atoms with E-state index < -0.39 is 24.1 Å². The second-order valence-electron chi connectivity index (χ2n) is 3.95. The minimum absolute atomic E-state index is 0.315. The molecule has 0 bridgehead atoms. The summed E-state index contributed by atoms with van der Waals surface area (Å²) in [6.07, 6.45) is 1.87. The summed E-state index contributed by atoms with van der Waals surface area (Å²) in [6, 6.07) is -1.89. The number of hydrogen-bond donors (Lipinski definition) is 3. The van der Waals surface area contributed by atoms with Gasteiger partial charge in [0.2, 0.25) is 5.89 Å². The zero-order valence-electron chi connectivity index (χ0n) is 10.6. The fourth-order valence-electron chi connectivity index (χ4n) is 1.37. The molecule has 100 valence electrons. The van der Waals surface area contributed by atoms with Crippen LogP contribution in [0.5, 0.6) is 0 Å². The number of rotatable bonds is 5. The van der Waals surface area contributed by atoms with Crippen molar-refractivity contribution in [2.45, 2.75) is 39.3 Å². The maximum Gasteiger partial charge on any atom is 0.326 e. The van der Waals surface area contributed by atoms with Crippen LogP contribution >= 0.6 is 0 Å². The van der Waals surface area contributed by atoms with E-state index in [-0.39, 0.29) is 0 Å². The van der Waals surface area contributed by atoms with Crippen molar-refractivity contribution in [2.75, 3.05) is 0 Å². The van der Waals surface area contributed by atoms with Gasteiger partial charge in [0.15, 0.2) is 0 Å². The van der Waals surface area contributed by atoms with E-state index in [0.717, 1.165) is 0 Å². The van der Waals surface area contributed by atoms with Crippen molar-refractivity contribution < 1.29 is 19.1 Å².